The van der Waals surface area contributed by atoms with Crippen molar-refractivity contribution in [2.45, 2.75) is 39.4 Å². The number of carbonyl (C=O) groups excluding carboxylic acids is 1. The average molecular weight is 303 g/mol. The second-order valence-electron chi connectivity index (χ2n) is 6.06. The SMILES string of the molecule is CC(C)(C)CC(NC(=O)OCC(F)(F)F)c1ccccc1. The molecule has 1 amide bonds. The number of ether oxygens (including phenoxy) is 1. The lowest BCUT2D eigenvalue weighted by molar-refractivity contribution is -0.160. The van der Waals surface area contributed by atoms with Crippen molar-refractivity contribution in [1.82, 2.24) is 5.32 Å². The van der Waals surface area contributed by atoms with Gasteiger partial charge in [0.05, 0.1) is 6.04 Å². The van der Waals surface area contributed by atoms with Crippen LogP contribution in [0, 0.1) is 5.41 Å². The van der Waals surface area contributed by atoms with E-state index in [-0.39, 0.29) is 5.41 Å². The molecule has 1 atom stereocenters. The Bertz CT molecular complexity index is 452. The van der Waals surface area contributed by atoms with Crippen LogP contribution in [-0.2, 0) is 4.74 Å². The molecule has 0 aliphatic rings. The fourth-order valence-corrected chi connectivity index (χ4v) is 1.88. The Kier molecular flexibility index (Phi) is 5.63. The predicted octanol–water partition coefficient (Wildman–Crippen LogP) is 4.45. The smallest absolute Gasteiger partial charge is 0.422 e. The maximum atomic E-state index is 12.0. The Morgan fingerprint density at radius 3 is 2.24 bits per heavy atom. The molecular weight excluding hydrogens is 283 g/mol. The number of amides is 1. The van der Waals surface area contributed by atoms with Crippen LogP contribution in [0.5, 0.6) is 0 Å². The summed E-state index contributed by atoms with van der Waals surface area (Å²) in [4.78, 5) is 11.5. The molecule has 0 spiro atoms. The summed E-state index contributed by atoms with van der Waals surface area (Å²) in [5, 5.41) is 2.50. The van der Waals surface area contributed by atoms with Crippen LogP contribution in [0.2, 0.25) is 0 Å². The zero-order valence-electron chi connectivity index (χ0n) is 12.3. The van der Waals surface area contributed by atoms with Gasteiger partial charge in [-0.05, 0) is 17.4 Å². The van der Waals surface area contributed by atoms with Crippen LogP contribution < -0.4 is 5.32 Å². The summed E-state index contributed by atoms with van der Waals surface area (Å²) in [5.41, 5.74) is 0.731. The van der Waals surface area contributed by atoms with E-state index in [1.165, 1.54) is 0 Å². The summed E-state index contributed by atoms with van der Waals surface area (Å²) in [5.74, 6) is 0. The molecular formula is C15H20F3NO2. The third-order valence-electron chi connectivity index (χ3n) is 2.68. The molecule has 6 heteroatoms. The van der Waals surface area contributed by atoms with Gasteiger partial charge in [0.25, 0.3) is 0 Å². The lowest BCUT2D eigenvalue weighted by Crippen LogP contribution is -2.34. The summed E-state index contributed by atoms with van der Waals surface area (Å²) < 4.78 is 40.3. The van der Waals surface area contributed by atoms with E-state index in [0.29, 0.717) is 6.42 Å². The fourth-order valence-electron chi connectivity index (χ4n) is 1.88. The second-order valence-corrected chi connectivity index (χ2v) is 6.06. The highest BCUT2D eigenvalue weighted by Gasteiger charge is 2.30. The van der Waals surface area contributed by atoms with Gasteiger partial charge >= 0.3 is 12.3 Å². The second kappa shape index (κ2) is 6.83. The van der Waals surface area contributed by atoms with Crippen molar-refractivity contribution >= 4 is 6.09 Å². The molecule has 1 N–H and O–H groups in total. The van der Waals surface area contributed by atoms with Gasteiger partial charge in [-0.25, -0.2) is 4.79 Å². The van der Waals surface area contributed by atoms with Crippen LogP contribution >= 0.6 is 0 Å². The molecule has 0 aliphatic carbocycles. The third-order valence-corrected chi connectivity index (χ3v) is 2.68. The van der Waals surface area contributed by atoms with Crippen LogP contribution in [-0.4, -0.2) is 18.9 Å². The molecule has 0 radical (unpaired) electrons. The number of rotatable bonds is 4. The molecule has 0 heterocycles. The zero-order valence-corrected chi connectivity index (χ0v) is 12.3. The van der Waals surface area contributed by atoms with Crippen molar-refractivity contribution in [3.8, 4) is 0 Å². The van der Waals surface area contributed by atoms with Gasteiger partial charge in [0.1, 0.15) is 0 Å². The van der Waals surface area contributed by atoms with Gasteiger partial charge in [0, 0.05) is 0 Å². The summed E-state index contributed by atoms with van der Waals surface area (Å²) in [6.45, 7) is 4.39. The third kappa shape index (κ3) is 7.58. The number of nitrogens with one attached hydrogen (secondary N) is 1. The summed E-state index contributed by atoms with van der Waals surface area (Å²) >= 11 is 0. The lowest BCUT2D eigenvalue weighted by Gasteiger charge is -2.27. The van der Waals surface area contributed by atoms with E-state index in [4.69, 9.17) is 0 Å². The maximum absolute atomic E-state index is 12.0. The van der Waals surface area contributed by atoms with E-state index in [1.807, 2.05) is 51.1 Å². The molecule has 1 aromatic carbocycles. The van der Waals surface area contributed by atoms with Crippen molar-refractivity contribution in [1.29, 1.82) is 0 Å². The highest BCUT2D eigenvalue weighted by molar-refractivity contribution is 5.68. The largest absolute Gasteiger partial charge is 0.440 e. The van der Waals surface area contributed by atoms with Crippen molar-refractivity contribution < 1.29 is 22.7 Å². The summed E-state index contributed by atoms with van der Waals surface area (Å²) in [6.07, 6.45) is -5.01. The number of hydrogen-bond acceptors (Lipinski definition) is 2. The highest BCUT2D eigenvalue weighted by Crippen LogP contribution is 2.29. The standard InChI is InChI=1S/C15H20F3NO2/c1-14(2,3)9-12(11-7-5-4-6-8-11)19-13(20)21-10-15(16,17)18/h4-8,12H,9-10H2,1-3H3,(H,19,20). The minimum Gasteiger partial charge on any atom is -0.440 e. The normalized spacial score (nSPS) is 13.6. The maximum Gasteiger partial charge on any atom is 0.422 e. The van der Waals surface area contributed by atoms with Gasteiger partial charge in [0.15, 0.2) is 6.61 Å². The van der Waals surface area contributed by atoms with Gasteiger partial charge in [-0.15, -0.1) is 0 Å². The molecule has 0 fully saturated rings. The van der Waals surface area contributed by atoms with Gasteiger partial charge in [-0.2, -0.15) is 13.2 Å². The van der Waals surface area contributed by atoms with E-state index in [0.717, 1.165) is 5.56 Å². The number of halogens is 3. The van der Waals surface area contributed by atoms with E-state index in [9.17, 15) is 18.0 Å². The van der Waals surface area contributed by atoms with Gasteiger partial charge in [-0.1, -0.05) is 51.1 Å². The molecule has 0 bridgehead atoms. The first-order chi connectivity index (χ1) is 9.57. The Morgan fingerprint density at radius 2 is 1.76 bits per heavy atom. The molecule has 0 saturated heterocycles. The van der Waals surface area contributed by atoms with Gasteiger partial charge < -0.3 is 10.1 Å². The predicted molar refractivity (Wildman–Crippen MR) is 73.8 cm³/mol. The molecule has 118 valence electrons. The molecule has 1 rings (SSSR count). The van der Waals surface area contributed by atoms with Crippen molar-refractivity contribution in [3.63, 3.8) is 0 Å². The molecule has 1 unspecified atom stereocenters. The van der Waals surface area contributed by atoms with Crippen LogP contribution in [0.4, 0.5) is 18.0 Å². The summed E-state index contributed by atoms with van der Waals surface area (Å²) in [7, 11) is 0. The minimum atomic E-state index is -4.52. The Balaban J connectivity index is 2.72. The first-order valence-corrected chi connectivity index (χ1v) is 6.62. The minimum absolute atomic E-state index is 0.0994. The Morgan fingerprint density at radius 1 is 1.19 bits per heavy atom. The lowest BCUT2D eigenvalue weighted by atomic mass is 9.85. The highest BCUT2D eigenvalue weighted by atomic mass is 19.4. The molecule has 0 aromatic heterocycles. The van der Waals surface area contributed by atoms with E-state index < -0.39 is 24.9 Å². The van der Waals surface area contributed by atoms with Gasteiger partial charge in [-0.3, -0.25) is 0 Å². The average Bonchev–Trinajstić information content (AvgIpc) is 2.34. The van der Waals surface area contributed by atoms with Gasteiger partial charge in [0.2, 0.25) is 0 Å². The first kappa shape index (κ1) is 17.3. The quantitative estimate of drug-likeness (QED) is 0.892. The van der Waals surface area contributed by atoms with E-state index in [1.54, 1.807) is 0 Å². The van der Waals surface area contributed by atoms with E-state index in [2.05, 4.69) is 10.1 Å². The summed E-state index contributed by atoms with van der Waals surface area (Å²) in [6, 6.07) is 8.70. The van der Waals surface area contributed by atoms with Crippen molar-refractivity contribution in [3.05, 3.63) is 35.9 Å². The number of hydrogen-bond donors (Lipinski definition) is 1. The number of benzene rings is 1. The van der Waals surface area contributed by atoms with Crippen LogP contribution in [0.1, 0.15) is 38.8 Å². The van der Waals surface area contributed by atoms with Crippen LogP contribution in [0.3, 0.4) is 0 Å². The Labute approximate surface area is 122 Å². The molecule has 1 aromatic rings. The number of alkyl halides is 3. The molecule has 0 aliphatic heterocycles. The topological polar surface area (TPSA) is 38.3 Å². The molecule has 3 nitrogen and oxygen atoms in total. The number of alkyl carbamates (subject to hydrolysis) is 1. The van der Waals surface area contributed by atoms with Crippen LogP contribution in [0.25, 0.3) is 0 Å². The van der Waals surface area contributed by atoms with Crippen molar-refractivity contribution in [2.75, 3.05) is 6.61 Å². The monoisotopic (exact) mass is 303 g/mol. The molecule has 0 saturated carbocycles. The fraction of sp³-hybridized carbons (Fsp3) is 0.533. The first-order valence-electron chi connectivity index (χ1n) is 6.62. The van der Waals surface area contributed by atoms with Crippen LogP contribution in [0.15, 0.2) is 30.3 Å². The number of carbonyl (C=O) groups is 1. The van der Waals surface area contributed by atoms with Crippen molar-refractivity contribution in [2.24, 2.45) is 5.41 Å². The Hall–Kier alpha value is -1.72. The van der Waals surface area contributed by atoms with E-state index >= 15 is 0 Å². The zero-order chi connectivity index (χ0) is 16.1. The molecule has 21 heavy (non-hydrogen) atoms.